The number of hydrogen-bond donors (Lipinski definition) is 1. The monoisotopic (exact) mass is 295 g/mol. The molecule has 0 aliphatic heterocycles. The first-order valence-electron chi connectivity index (χ1n) is 6.25. The summed E-state index contributed by atoms with van der Waals surface area (Å²) >= 11 is 5.88. The van der Waals surface area contributed by atoms with Crippen LogP contribution >= 0.6 is 11.6 Å². The van der Waals surface area contributed by atoms with Crippen LogP contribution in [0.2, 0.25) is 5.02 Å². The Balaban J connectivity index is 1.78. The Morgan fingerprint density at radius 1 is 1.40 bits per heavy atom. The molecule has 2 aromatic rings. The average Bonchev–Trinajstić information content (AvgIpc) is 2.76. The quantitative estimate of drug-likeness (QED) is 0.922. The van der Waals surface area contributed by atoms with Gasteiger partial charge < -0.3 is 5.32 Å². The van der Waals surface area contributed by atoms with Crippen molar-refractivity contribution in [3.05, 3.63) is 52.6 Å². The van der Waals surface area contributed by atoms with Crippen LogP contribution in [0.4, 0.5) is 4.39 Å². The molecule has 2 rings (SSSR count). The van der Waals surface area contributed by atoms with Crippen LogP contribution in [0.1, 0.15) is 17.7 Å². The molecule has 0 saturated heterocycles. The van der Waals surface area contributed by atoms with Gasteiger partial charge in [-0.25, -0.2) is 4.39 Å². The van der Waals surface area contributed by atoms with E-state index in [1.165, 1.54) is 12.1 Å². The molecule has 0 aliphatic carbocycles. The number of hydrogen-bond acceptors (Lipinski definition) is 2. The molecule has 0 atom stereocenters. The van der Waals surface area contributed by atoms with Crippen molar-refractivity contribution in [1.29, 1.82) is 0 Å². The zero-order valence-electron chi connectivity index (χ0n) is 11.1. The first-order valence-corrected chi connectivity index (χ1v) is 6.63. The number of amides is 1. The SMILES string of the molecule is Cc1c(Cl)cnn1CCC(=O)NCc1ccc(F)cc1. The van der Waals surface area contributed by atoms with Crippen molar-refractivity contribution in [3.8, 4) is 0 Å². The van der Waals surface area contributed by atoms with E-state index in [0.29, 0.717) is 24.5 Å². The molecule has 1 aromatic heterocycles. The van der Waals surface area contributed by atoms with E-state index in [0.717, 1.165) is 11.3 Å². The molecule has 106 valence electrons. The summed E-state index contributed by atoms with van der Waals surface area (Å²) in [7, 11) is 0. The highest BCUT2D eigenvalue weighted by molar-refractivity contribution is 6.31. The number of nitrogens with zero attached hydrogens (tertiary/aromatic N) is 2. The van der Waals surface area contributed by atoms with Crippen LogP contribution < -0.4 is 5.32 Å². The molecule has 0 saturated carbocycles. The smallest absolute Gasteiger partial charge is 0.222 e. The summed E-state index contributed by atoms with van der Waals surface area (Å²) in [5, 5.41) is 7.45. The van der Waals surface area contributed by atoms with E-state index in [-0.39, 0.29) is 11.7 Å². The third-order valence-corrected chi connectivity index (χ3v) is 3.37. The number of carbonyl (C=O) groups excluding carboxylic acids is 1. The fourth-order valence-corrected chi connectivity index (χ4v) is 1.89. The lowest BCUT2D eigenvalue weighted by Gasteiger charge is -2.07. The maximum absolute atomic E-state index is 12.7. The van der Waals surface area contributed by atoms with Crippen LogP contribution in [-0.2, 0) is 17.9 Å². The second kappa shape index (κ2) is 6.52. The molecule has 1 heterocycles. The molecule has 1 N–H and O–H groups in total. The van der Waals surface area contributed by atoms with Crippen LogP contribution in [-0.4, -0.2) is 15.7 Å². The number of nitrogens with one attached hydrogen (secondary N) is 1. The second-order valence-corrected chi connectivity index (χ2v) is 4.86. The van der Waals surface area contributed by atoms with Gasteiger partial charge in [-0.05, 0) is 24.6 Å². The molecule has 0 aliphatic rings. The van der Waals surface area contributed by atoms with Gasteiger partial charge in [0.05, 0.1) is 23.5 Å². The highest BCUT2D eigenvalue weighted by Gasteiger charge is 2.06. The number of halogens is 2. The van der Waals surface area contributed by atoms with Crippen molar-refractivity contribution in [1.82, 2.24) is 15.1 Å². The summed E-state index contributed by atoms with van der Waals surface area (Å²) in [6.07, 6.45) is 1.88. The minimum absolute atomic E-state index is 0.0830. The fourth-order valence-electron chi connectivity index (χ4n) is 1.75. The molecule has 20 heavy (non-hydrogen) atoms. The zero-order chi connectivity index (χ0) is 14.5. The fraction of sp³-hybridized carbons (Fsp3) is 0.286. The van der Waals surface area contributed by atoms with Gasteiger partial charge in [-0.15, -0.1) is 0 Å². The van der Waals surface area contributed by atoms with E-state index in [2.05, 4.69) is 10.4 Å². The maximum atomic E-state index is 12.7. The topological polar surface area (TPSA) is 46.9 Å². The lowest BCUT2D eigenvalue weighted by Crippen LogP contribution is -2.24. The zero-order valence-corrected chi connectivity index (χ0v) is 11.8. The Morgan fingerprint density at radius 3 is 2.70 bits per heavy atom. The van der Waals surface area contributed by atoms with Gasteiger partial charge in [0.2, 0.25) is 5.91 Å². The number of carbonyl (C=O) groups is 1. The Hall–Kier alpha value is -1.88. The van der Waals surface area contributed by atoms with Crippen molar-refractivity contribution >= 4 is 17.5 Å². The van der Waals surface area contributed by atoms with Gasteiger partial charge in [0.15, 0.2) is 0 Å². The minimum atomic E-state index is -0.286. The van der Waals surface area contributed by atoms with Gasteiger partial charge in [0, 0.05) is 13.0 Å². The first-order chi connectivity index (χ1) is 9.56. The first kappa shape index (κ1) is 14.5. The molecule has 6 heteroatoms. The number of benzene rings is 1. The van der Waals surface area contributed by atoms with Crippen LogP contribution in [0, 0.1) is 12.7 Å². The van der Waals surface area contributed by atoms with Crippen LogP contribution in [0.3, 0.4) is 0 Å². The molecule has 0 unspecified atom stereocenters. The Bertz CT molecular complexity index is 595. The van der Waals surface area contributed by atoms with Crippen molar-refractivity contribution in [3.63, 3.8) is 0 Å². The third-order valence-electron chi connectivity index (χ3n) is 3.00. The van der Waals surface area contributed by atoms with Gasteiger partial charge in [0.1, 0.15) is 5.82 Å². The van der Waals surface area contributed by atoms with E-state index in [1.807, 2.05) is 6.92 Å². The highest BCUT2D eigenvalue weighted by Crippen LogP contribution is 2.13. The van der Waals surface area contributed by atoms with Crippen LogP contribution in [0.25, 0.3) is 0 Å². The molecule has 0 spiro atoms. The Kier molecular flexibility index (Phi) is 4.74. The van der Waals surface area contributed by atoms with Crippen molar-refractivity contribution in [2.24, 2.45) is 0 Å². The third kappa shape index (κ3) is 3.81. The number of aryl methyl sites for hydroxylation is 1. The number of aromatic nitrogens is 2. The molecule has 0 radical (unpaired) electrons. The summed E-state index contributed by atoms with van der Waals surface area (Å²) < 4.78 is 14.4. The van der Waals surface area contributed by atoms with E-state index < -0.39 is 0 Å². The van der Waals surface area contributed by atoms with Crippen LogP contribution in [0.15, 0.2) is 30.5 Å². The lowest BCUT2D eigenvalue weighted by molar-refractivity contribution is -0.121. The Labute approximate surface area is 121 Å². The Morgan fingerprint density at radius 2 is 2.10 bits per heavy atom. The highest BCUT2D eigenvalue weighted by atomic mass is 35.5. The maximum Gasteiger partial charge on any atom is 0.222 e. The molecular weight excluding hydrogens is 281 g/mol. The predicted molar refractivity (Wildman–Crippen MR) is 74.8 cm³/mol. The summed E-state index contributed by atoms with van der Waals surface area (Å²) in [5.74, 6) is -0.369. The summed E-state index contributed by atoms with van der Waals surface area (Å²) in [6, 6.07) is 6.03. The molecular formula is C14H15ClFN3O. The molecule has 1 aromatic carbocycles. The van der Waals surface area contributed by atoms with Crippen molar-refractivity contribution in [2.45, 2.75) is 26.4 Å². The summed E-state index contributed by atoms with van der Waals surface area (Å²) in [5.41, 5.74) is 1.70. The van der Waals surface area contributed by atoms with E-state index >= 15 is 0 Å². The van der Waals surface area contributed by atoms with Gasteiger partial charge in [-0.2, -0.15) is 5.10 Å². The standard InChI is InChI=1S/C14H15ClFN3O/c1-10-13(15)9-18-19(10)7-6-14(20)17-8-11-2-4-12(16)5-3-11/h2-5,9H,6-8H2,1H3,(H,17,20). The van der Waals surface area contributed by atoms with Crippen molar-refractivity contribution in [2.75, 3.05) is 0 Å². The van der Waals surface area contributed by atoms with E-state index in [1.54, 1.807) is 23.0 Å². The average molecular weight is 296 g/mol. The molecule has 0 fully saturated rings. The summed E-state index contributed by atoms with van der Waals surface area (Å²) in [6.45, 7) is 2.72. The second-order valence-electron chi connectivity index (χ2n) is 4.45. The van der Waals surface area contributed by atoms with E-state index in [9.17, 15) is 9.18 Å². The van der Waals surface area contributed by atoms with Gasteiger partial charge in [-0.1, -0.05) is 23.7 Å². The van der Waals surface area contributed by atoms with Gasteiger partial charge in [0.25, 0.3) is 0 Å². The predicted octanol–water partition coefficient (Wildman–Crippen LogP) is 2.69. The van der Waals surface area contributed by atoms with Crippen LogP contribution in [0.5, 0.6) is 0 Å². The van der Waals surface area contributed by atoms with Crippen molar-refractivity contribution < 1.29 is 9.18 Å². The van der Waals surface area contributed by atoms with Gasteiger partial charge in [-0.3, -0.25) is 9.48 Å². The van der Waals surface area contributed by atoms with E-state index in [4.69, 9.17) is 11.6 Å². The minimum Gasteiger partial charge on any atom is -0.352 e. The normalized spacial score (nSPS) is 10.6. The largest absolute Gasteiger partial charge is 0.352 e. The summed E-state index contributed by atoms with van der Waals surface area (Å²) in [4.78, 5) is 11.7. The van der Waals surface area contributed by atoms with Gasteiger partial charge >= 0.3 is 0 Å². The molecule has 0 bridgehead atoms. The molecule has 4 nitrogen and oxygen atoms in total. The molecule has 1 amide bonds. The lowest BCUT2D eigenvalue weighted by atomic mass is 10.2. The number of rotatable bonds is 5.